The first-order valence-corrected chi connectivity index (χ1v) is 19.5. The third kappa shape index (κ3) is 11.4. The largest absolute Gasteiger partial charge is 0.455 e. The molecule has 5 rings (SSSR count). The van der Waals surface area contributed by atoms with E-state index < -0.39 is 15.8 Å². The highest BCUT2D eigenvalue weighted by Gasteiger charge is 2.33. The number of Topliss-reactive ketones (excluding diaryl/α,β-unsaturated/α-hetero) is 1. The number of carbonyl (C=O) groups excluding carboxylic acids is 2. The van der Waals surface area contributed by atoms with Gasteiger partial charge in [0, 0.05) is 29.6 Å². The molecular weight excluding hydrogens is 707 g/mol. The van der Waals surface area contributed by atoms with Crippen LogP contribution in [0.1, 0.15) is 57.5 Å². The summed E-state index contributed by atoms with van der Waals surface area (Å²) in [6.07, 6.45) is 2.95. The van der Waals surface area contributed by atoms with Crippen molar-refractivity contribution in [1.29, 1.82) is 0 Å². The summed E-state index contributed by atoms with van der Waals surface area (Å²) < 4.78 is 75.3. The number of sulfonamides is 1. The number of furan rings is 1. The smallest absolute Gasteiger partial charge is 0.255 e. The Morgan fingerprint density at radius 3 is 1.92 bits per heavy atom. The van der Waals surface area contributed by atoms with Crippen LogP contribution in [0.5, 0.6) is 0 Å². The van der Waals surface area contributed by atoms with Gasteiger partial charge in [0.25, 0.3) is 5.91 Å². The van der Waals surface area contributed by atoms with Crippen LogP contribution in [0, 0.1) is 5.82 Å². The number of ketones is 1. The minimum Gasteiger partial charge on any atom is -0.455 e. The lowest BCUT2D eigenvalue weighted by Crippen LogP contribution is -2.34. The number of fused-ring (bicyclic) bond motifs is 1. The first kappa shape index (κ1) is 40.0. The highest BCUT2D eigenvalue weighted by atomic mass is 32.2. The lowest BCUT2D eigenvalue weighted by Gasteiger charge is -2.25. The average molecular weight is 755 g/mol. The Morgan fingerprint density at radius 2 is 1.40 bits per heavy atom. The highest BCUT2D eigenvalue weighted by molar-refractivity contribution is 7.92. The fourth-order valence-electron chi connectivity index (χ4n) is 5.76. The van der Waals surface area contributed by atoms with Gasteiger partial charge in [-0.2, -0.15) is 0 Å². The molecular formula is C39H47FN2O10S. The van der Waals surface area contributed by atoms with Crippen molar-refractivity contribution in [3.05, 3.63) is 88.7 Å². The van der Waals surface area contributed by atoms with E-state index in [1.165, 1.54) is 42.5 Å². The molecule has 0 saturated heterocycles. The minimum absolute atomic E-state index is 0.0341. The SMILES string of the molecule is CNC(=O)c1c(-c2ccc(F)cc2)oc2cc(N(CCOCCOCCOCCOCCOCc3ccc(C(C)=O)cc3)S(C)(=O)=O)c(C3CC3)cc12. The summed E-state index contributed by atoms with van der Waals surface area (Å²) in [5, 5.41) is 3.22. The summed E-state index contributed by atoms with van der Waals surface area (Å²) in [6.45, 7) is 5.26. The summed E-state index contributed by atoms with van der Waals surface area (Å²) in [4.78, 5) is 24.4. The van der Waals surface area contributed by atoms with E-state index in [1.807, 2.05) is 18.2 Å². The lowest BCUT2D eigenvalue weighted by molar-refractivity contribution is -0.0119. The van der Waals surface area contributed by atoms with Crippen LogP contribution in [0.4, 0.5) is 10.1 Å². The standard InChI is InChI=1S/C39H47FN2O10S/c1-27(43)29-6-4-28(5-7-29)26-51-23-22-50-21-20-49-19-18-48-17-16-47-15-14-42(53(3,45)46)35-25-36-34(24-33(35)30-8-9-30)37(39(44)41-2)38(52-36)31-10-12-32(40)13-11-31/h4-7,10-13,24-25,30H,8-9,14-23,26H2,1-3H3,(H,41,44). The van der Waals surface area contributed by atoms with Gasteiger partial charge in [0.05, 0.1) is 90.1 Å². The molecule has 1 N–H and O–H groups in total. The molecule has 0 bridgehead atoms. The number of anilines is 1. The Labute approximate surface area is 309 Å². The van der Waals surface area contributed by atoms with Crippen molar-refractivity contribution in [1.82, 2.24) is 5.32 Å². The van der Waals surface area contributed by atoms with Crippen molar-refractivity contribution in [3.8, 4) is 11.3 Å². The van der Waals surface area contributed by atoms with E-state index in [-0.39, 0.29) is 43.1 Å². The van der Waals surface area contributed by atoms with Gasteiger partial charge in [-0.05, 0) is 67.1 Å². The van der Waals surface area contributed by atoms with Gasteiger partial charge >= 0.3 is 0 Å². The number of nitrogens with zero attached hydrogens (tertiary/aromatic N) is 1. The van der Waals surface area contributed by atoms with Crippen molar-refractivity contribution in [2.75, 3.05) is 83.6 Å². The van der Waals surface area contributed by atoms with E-state index in [0.29, 0.717) is 86.2 Å². The van der Waals surface area contributed by atoms with Gasteiger partial charge < -0.3 is 33.4 Å². The van der Waals surface area contributed by atoms with Crippen molar-refractivity contribution in [2.24, 2.45) is 0 Å². The van der Waals surface area contributed by atoms with Crippen LogP contribution in [0.2, 0.25) is 0 Å². The number of halogens is 1. The van der Waals surface area contributed by atoms with Gasteiger partial charge in [-0.3, -0.25) is 13.9 Å². The molecule has 1 amide bonds. The Hall–Kier alpha value is -4.18. The maximum Gasteiger partial charge on any atom is 0.255 e. The number of ether oxygens (including phenoxy) is 5. The molecule has 286 valence electrons. The summed E-state index contributed by atoms with van der Waals surface area (Å²) in [5.41, 5.74) is 4.14. The van der Waals surface area contributed by atoms with E-state index in [1.54, 1.807) is 18.2 Å². The van der Waals surface area contributed by atoms with E-state index in [4.69, 9.17) is 28.1 Å². The lowest BCUT2D eigenvalue weighted by atomic mass is 10.0. The summed E-state index contributed by atoms with van der Waals surface area (Å²) in [5.74, 6) is -0.323. The van der Waals surface area contributed by atoms with Gasteiger partial charge in [-0.25, -0.2) is 12.8 Å². The van der Waals surface area contributed by atoms with E-state index in [9.17, 15) is 22.4 Å². The monoisotopic (exact) mass is 754 g/mol. The third-order valence-corrected chi connectivity index (χ3v) is 9.82. The van der Waals surface area contributed by atoms with E-state index >= 15 is 0 Å². The predicted octanol–water partition coefficient (Wildman–Crippen LogP) is 5.73. The molecule has 1 fully saturated rings. The number of rotatable bonds is 23. The molecule has 0 unspecified atom stereocenters. The Bertz CT molecular complexity index is 1930. The van der Waals surface area contributed by atoms with Crippen LogP contribution in [0.15, 0.2) is 65.1 Å². The molecule has 0 aliphatic heterocycles. The quantitative estimate of drug-likeness (QED) is 0.0738. The van der Waals surface area contributed by atoms with Gasteiger partial charge in [0.1, 0.15) is 17.2 Å². The Morgan fingerprint density at radius 1 is 0.830 bits per heavy atom. The topological polar surface area (TPSA) is 143 Å². The fraction of sp³-hybridized carbons (Fsp3) is 0.436. The molecule has 0 atom stereocenters. The number of nitrogens with one attached hydrogen (secondary N) is 1. The molecule has 3 aromatic carbocycles. The van der Waals surface area contributed by atoms with Crippen LogP contribution in [-0.4, -0.2) is 99.4 Å². The number of benzene rings is 3. The molecule has 0 spiro atoms. The summed E-state index contributed by atoms with van der Waals surface area (Å²) >= 11 is 0. The summed E-state index contributed by atoms with van der Waals surface area (Å²) in [6, 6.07) is 16.5. The molecule has 1 aliphatic carbocycles. The number of amides is 1. The Kier molecular flexibility index (Phi) is 14.5. The average Bonchev–Trinajstić information content (AvgIpc) is 3.92. The fourth-order valence-corrected chi connectivity index (χ4v) is 6.68. The van der Waals surface area contributed by atoms with Crippen LogP contribution in [0.25, 0.3) is 22.3 Å². The van der Waals surface area contributed by atoms with Crippen molar-refractivity contribution in [3.63, 3.8) is 0 Å². The minimum atomic E-state index is -3.71. The van der Waals surface area contributed by atoms with E-state index in [0.717, 1.165) is 30.2 Å². The second-order valence-corrected chi connectivity index (χ2v) is 14.6. The number of hydrogen-bond donors (Lipinski definition) is 1. The van der Waals surface area contributed by atoms with Crippen LogP contribution < -0.4 is 9.62 Å². The molecule has 1 heterocycles. The van der Waals surface area contributed by atoms with Crippen molar-refractivity contribution in [2.45, 2.75) is 32.3 Å². The molecule has 1 aliphatic rings. The Balaban J connectivity index is 1.03. The molecule has 4 aromatic rings. The first-order valence-electron chi connectivity index (χ1n) is 17.6. The number of carbonyl (C=O) groups is 2. The van der Waals surface area contributed by atoms with Crippen LogP contribution in [-0.2, 0) is 40.3 Å². The van der Waals surface area contributed by atoms with Gasteiger partial charge in [-0.15, -0.1) is 0 Å². The molecule has 12 nitrogen and oxygen atoms in total. The van der Waals surface area contributed by atoms with Gasteiger partial charge in [0.2, 0.25) is 10.0 Å². The molecule has 1 aromatic heterocycles. The number of hydrogen-bond acceptors (Lipinski definition) is 10. The zero-order valence-corrected chi connectivity index (χ0v) is 31.2. The van der Waals surface area contributed by atoms with Gasteiger partial charge in [-0.1, -0.05) is 24.3 Å². The predicted molar refractivity (Wildman–Crippen MR) is 199 cm³/mol. The third-order valence-electron chi connectivity index (χ3n) is 8.64. The summed E-state index contributed by atoms with van der Waals surface area (Å²) in [7, 11) is -2.19. The van der Waals surface area contributed by atoms with Crippen LogP contribution >= 0.6 is 0 Å². The van der Waals surface area contributed by atoms with E-state index in [2.05, 4.69) is 5.32 Å². The second kappa shape index (κ2) is 19.2. The normalized spacial score (nSPS) is 13.1. The molecule has 1 saturated carbocycles. The zero-order chi connectivity index (χ0) is 37.8. The van der Waals surface area contributed by atoms with Crippen molar-refractivity contribution >= 4 is 38.4 Å². The van der Waals surface area contributed by atoms with Gasteiger partial charge in [0.15, 0.2) is 5.78 Å². The second-order valence-electron chi connectivity index (χ2n) is 12.7. The highest BCUT2D eigenvalue weighted by Crippen LogP contribution is 2.48. The molecule has 0 radical (unpaired) electrons. The first-order chi connectivity index (χ1) is 25.6. The van der Waals surface area contributed by atoms with Crippen molar-refractivity contribution < 1.29 is 50.5 Å². The van der Waals surface area contributed by atoms with Crippen LogP contribution in [0.3, 0.4) is 0 Å². The molecule has 53 heavy (non-hydrogen) atoms. The molecule has 14 heteroatoms. The zero-order valence-electron chi connectivity index (χ0n) is 30.4. The maximum atomic E-state index is 13.7. The maximum absolute atomic E-state index is 13.7.